The number of amides is 1. The van der Waals surface area contributed by atoms with Crippen LogP contribution in [0.1, 0.15) is 40.2 Å². The van der Waals surface area contributed by atoms with Gasteiger partial charge in [-0.25, -0.2) is 17.2 Å². The smallest absolute Gasteiger partial charge is 0.455 e. The van der Waals surface area contributed by atoms with Crippen molar-refractivity contribution >= 4 is 45.2 Å². The lowest BCUT2D eigenvalue weighted by molar-refractivity contribution is 0.0964. The third-order valence-electron chi connectivity index (χ3n) is 7.03. The summed E-state index contributed by atoms with van der Waals surface area (Å²) in [6, 6.07) is 12.8. The van der Waals surface area contributed by atoms with Crippen LogP contribution in [0, 0.1) is 11.6 Å². The molecule has 1 fully saturated rings. The van der Waals surface area contributed by atoms with Crippen LogP contribution in [0.5, 0.6) is 0 Å². The summed E-state index contributed by atoms with van der Waals surface area (Å²) in [7, 11) is -4.26. The Labute approximate surface area is 230 Å². The highest BCUT2D eigenvalue weighted by Crippen LogP contribution is 2.48. The van der Waals surface area contributed by atoms with Gasteiger partial charge in [-0.15, -0.1) is 0 Å². The van der Waals surface area contributed by atoms with Gasteiger partial charge < -0.3 is 19.8 Å². The fraction of sp³-hybridized carbons (Fsp3) is 0.250. The predicted octanol–water partition coefficient (Wildman–Crippen LogP) is 3.30. The molecule has 208 valence electrons. The lowest BCUT2D eigenvalue weighted by Gasteiger charge is -2.25. The molecule has 5 rings (SSSR count). The number of sulfonamides is 1. The normalized spacial score (nSPS) is 13.4. The molecule has 8 nitrogen and oxygen atoms in total. The van der Waals surface area contributed by atoms with Gasteiger partial charge in [0.15, 0.2) is 0 Å². The number of nitrogens with zero attached hydrogens (tertiary/aromatic N) is 1. The van der Waals surface area contributed by atoms with Crippen molar-refractivity contribution in [1.82, 2.24) is 5.32 Å². The molecule has 0 bridgehead atoms. The molecule has 1 heterocycles. The summed E-state index contributed by atoms with van der Waals surface area (Å²) in [5.41, 5.74) is 2.41. The van der Waals surface area contributed by atoms with Crippen molar-refractivity contribution in [2.45, 2.75) is 25.2 Å². The zero-order chi connectivity index (χ0) is 28.8. The van der Waals surface area contributed by atoms with E-state index in [1.165, 1.54) is 47.8 Å². The van der Waals surface area contributed by atoms with E-state index >= 15 is 0 Å². The van der Waals surface area contributed by atoms with Crippen molar-refractivity contribution in [3.05, 3.63) is 82.9 Å². The minimum atomic E-state index is -3.80. The van der Waals surface area contributed by atoms with Gasteiger partial charge in [-0.05, 0) is 72.7 Å². The van der Waals surface area contributed by atoms with Gasteiger partial charge in [-0.1, -0.05) is 12.1 Å². The summed E-state index contributed by atoms with van der Waals surface area (Å²) in [5.74, 6) is -1.31. The molecular formula is C28H27BF2N2O6S. The van der Waals surface area contributed by atoms with E-state index in [0.717, 1.165) is 30.7 Å². The number of rotatable bonds is 9. The van der Waals surface area contributed by atoms with Crippen molar-refractivity contribution in [3.8, 4) is 11.3 Å². The van der Waals surface area contributed by atoms with Crippen molar-refractivity contribution in [2.75, 3.05) is 24.2 Å². The standard InChI is InChI=1S/C28H27BF2N2O6S/c1-32-28(34)26-21-14-20(17-4-5-17)24(15-25(21)39-27(26)18-6-8-19(30)9-7-18)33(40(2,37)38)12-11-16-3-10-22(29(35)36)23(31)13-16/h3,6-10,13-15,17,35-36H,4-5,11-12H2,1-2H3,(H,32,34). The van der Waals surface area contributed by atoms with Gasteiger partial charge in [0.2, 0.25) is 10.0 Å². The maximum atomic E-state index is 14.3. The Kier molecular flexibility index (Phi) is 7.43. The largest absolute Gasteiger partial charge is 0.491 e. The summed E-state index contributed by atoms with van der Waals surface area (Å²) in [6.07, 6.45) is 2.94. The van der Waals surface area contributed by atoms with Crippen LogP contribution >= 0.6 is 0 Å². The monoisotopic (exact) mass is 568 g/mol. The van der Waals surface area contributed by atoms with Crippen LogP contribution in [0.2, 0.25) is 0 Å². The first-order chi connectivity index (χ1) is 19.0. The van der Waals surface area contributed by atoms with E-state index in [2.05, 4.69) is 5.32 Å². The number of benzene rings is 3. The van der Waals surface area contributed by atoms with Gasteiger partial charge in [0.25, 0.3) is 5.91 Å². The molecular weight excluding hydrogens is 541 g/mol. The molecule has 0 unspecified atom stereocenters. The van der Waals surface area contributed by atoms with Crippen LogP contribution in [0.3, 0.4) is 0 Å². The molecule has 12 heteroatoms. The van der Waals surface area contributed by atoms with Gasteiger partial charge in [0.05, 0.1) is 17.5 Å². The number of carbonyl (C=O) groups excluding carboxylic acids is 1. The van der Waals surface area contributed by atoms with E-state index < -0.39 is 34.7 Å². The molecule has 0 atom stereocenters. The summed E-state index contributed by atoms with van der Waals surface area (Å²) in [4.78, 5) is 13.0. The van der Waals surface area contributed by atoms with Gasteiger partial charge in [0, 0.05) is 36.1 Å². The Balaban J connectivity index is 1.61. The second-order valence-corrected chi connectivity index (χ2v) is 11.8. The Morgan fingerprint density at radius 2 is 1.80 bits per heavy atom. The van der Waals surface area contributed by atoms with Gasteiger partial charge in [0.1, 0.15) is 23.0 Å². The van der Waals surface area contributed by atoms with Crippen LogP contribution in [0.4, 0.5) is 14.5 Å². The van der Waals surface area contributed by atoms with Crippen LogP contribution < -0.4 is 15.1 Å². The van der Waals surface area contributed by atoms with Crippen LogP contribution in [0.25, 0.3) is 22.3 Å². The fourth-order valence-electron chi connectivity index (χ4n) is 4.87. The Morgan fingerprint density at radius 1 is 1.10 bits per heavy atom. The van der Waals surface area contributed by atoms with Crippen LogP contribution in [-0.4, -0.2) is 51.3 Å². The lowest BCUT2D eigenvalue weighted by atomic mass is 9.79. The molecule has 1 aliphatic rings. The minimum absolute atomic E-state index is 0.0155. The molecule has 4 aromatic rings. The van der Waals surface area contributed by atoms with E-state index in [9.17, 15) is 32.0 Å². The first-order valence-corrected chi connectivity index (χ1v) is 14.5. The second kappa shape index (κ2) is 10.7. The zero-order valence-corrected chi connectivity index (χ0v) is 22.6. The molecule has 1 aromatic heterocycles. The highest BCUT2D eigenvalue weighted by Gasteiger charge is 2.33. The van der Waals surface area contributed by atoms with Crippen molar-refractivity contribution in [2.24, 2.45) is 0 Å². The van der Waals surface area contributed by atoms with E-state index in [1.807, 2.05) is 0 Å². The van der Waals surface area contributed by atoms with E-state index in [4.69, 9.17) is 4.42 Å². The number of hydrogen-bond acceptors (Lipinski definition) is 6. The Hall–Kier alpha value is -3.74. The number of carbonyl (C=O) groups is 1. The topological polar surface area (TPSA) is 120 Å². The highest BCUT2D eigenvalue weighted by atomic mass is 32.2. The average molecular weight is 568 g/mol. The quantitative estimate of drug-likeness (QED) is 0.267. The van der Waals surface area contributed by atoms with Crippen molar-refractivity contribution in [3.63, 3.8) is 0 Å². The molecule has 40 heavy (non-hydrogen) atoms. The van der Waals surface area contributed by atoms with Crippen LogP contribution in [0.15, 0.2) is 59.0 Å². The first-order valence-electron chi connectivity index (χ1n) is 12.7. The molecule has 0 saturated heterocycles. The third-order valence-corrected chi connectivity index (χ3v) is 8.21. The number of fused-ring (bicyclic) bond motifs is 1. The first kappa shape index (κ1) is 27.8. The summed E-state index contributed by atoms with van der Waals surface area (Å²) in [6.45, 7) is -0.0155. The van der Waals surface area contributed by atoms with E-state index in [1.54, 1.807) is 12.1 Å². The molecule has 0 radical (unpaired) electrons. The summed E-state index contributed by atoms with van der Waals surface area (Å²) >= 11 is 0. The van der Waals surface area contributed by atoms with Crippen molar-refractivity contribution in [1.29, 1.82) is 0 Å². The molecule has 1 amide bonds. The van der Waals surface area contributed by atoms with Gasteiger partial charge in [-0.2, -0.15) is 0 Å². The molecule has 1 saturated carbocycles. The zero-order valence-electron chi connectivity index (χ0n) is 21.8. The molecule has 0 spiro atoms. The second-order valence-electron chi connectivity index (χ2n) is 9.89. The number of halogens is 2. The number of anilines is 1. The lowest BCUT2D eigenvalue weighted by Crippen LogP contribution is -2.34. The highest BCUT2D eigenvalue weighted by molar-refractivity contribution is 7.92. The van der Waals surface area contributed by atoms with Gasteiger partial charge in [-0.3, -0.25) is 9.10 Å². The van der Waals surface area contributed by atoms with Gasteiger partial charge >= 0.3 is 7.12 Å². The molecule has 3 N–H and O–H groups in total. The number of hydrogen-bond donors (Lipinski definition) is 3. The fourth-order valence-corrected chi connectivity index (χ4v) is 5.81. The molecule has 1 aliphatic carbocycles. The maximum absolute atomic E-state index is 14.3. The molecule has 3 aromatic carbocycles. The van der Waals surface area contributed by atoms with Crippen LogP contribution in [-0.2, 0) is 16.4 Å². The third kappa shape index (κ3) is 5.47. The van der Waals surface area contributed by atoms with E-state index in [0.29, 0.717) is 27.8 Å². The average Bonchev–Trinajstić information content (AvgIpc) is 3.68. The Bertz CT molecular complexity index is 1700. The van der Waals surface area contributed by atoms with Crippen molar-refractivity contribution < 1.29 is 36.5 Å². The molecule has 0 aliphatic heterocycles. The summed E-state index contributed by atoms with van der Waals surface area (Å²) < 4.78 is 61.3. The maximum Gasteiger partial charge on any atom is 0.491 e. The predicted molar refractivity (Wildman–Crippen MR) is 149 cm³/mol. The minimum Gasteiger partial charge on any atom is -0.455 e. The van der Waals surface area contributed by atoms with E-state index in [-0.39, 0.29) is 35.7 Å². The Morgan fingerprint density at radius 3 is 2.38 bits per heavy atom. The summed E-state index contributed by atoms with van der Waals surface area (Å²) in [5, 5.41) is 21.7. The SMILES string of the molecule is CNC(=O)c1c(-c2ccc(F)cc2)oc2cc(N(CCc3ccc(B(O)O)c(F)c3)S(C)(=O)=O)c(C3CC3)cc12. The number of nitrogens with one attached hydrogen (secondary N) is 1. The number of furan rings is 1.